The van der Waals surface area contributed by atoms with Crippen molar-refractivity contribution in [2.45, 2.75) is 24.7 Å². The zero-order valence-electron chi connectivity index (χ0n) is 12.5. The maximum atomic E-state index is 12.6. The first-order chi connectivity index (χ1) is 10.5. The molecule has 0 amide bonds. The van der Waals surface area contributed by atoms with Crippen molar-refractivity contribution in [3.8, 4) is 6.07 Å². The van der Waals surface area contributed by atoms with Gasteiger partial charge < -0.3 is 5.32 Å². The predicted octanol–water partition coefficient (Wildman–Crippen LogP) is 2.22. The third-order valence-corrected chi connectivity index (χ3v) is 6.16. The molecule has 1 aliphatic heterocycles. The van der Waals surface area contributed by atoms with Gasteiger partial charge in [0.1, 0.15) is 6.07 Å². The van der Waals surface area contributed by atoms with Crippen molar-refractivity contribution in [1.82, 2.24) is 9.62 Å². The minimum atomic E-state index is -3.53. The summed E-state index contributed by atoms with van der Waals surface area (Å²) in [7, 11) is -3.53. The number of rotatable bonds is 5. The number of hydrogen-bond acceptors (Lipinski definition) is 4. The van der Waals surface area contributed by atoms with Gasteiger partial charge in [0.25, 0.3) is 0 Å². The summed E-state index contributed by atoms with van der Waals surface area (Å²) in [5, 5.41) is 12.3. The van der Waals surface area contributed by atoms with Gasteiger partial charge in [-0.25, -0.2) is 8.42 Å². The zero-order chi connectivity index (χ0) is 16.2. The fraction of sp³-hybridized carbons (Fsp3) is 0.533. The lowest BCUT2D eigenvalue weighted by molar-refractivity contribution is 0.268. The van der Waals surface area contributed by atoms with Crippen LogP contribution < -0.4 is 5.32 Å². The number of nitrogens with one attached hydrogen (secondary N) is 1. The highest BCUT2D eigenvalue weighted by Crippen LogP contribution is 2.26. The zero-order valence-corrected chi connectivity index (χ0v) is 14.1. The maximum Gasteiger partial charge on any atom is 0.243 e. The van der Waals surface area contributed by atoms with Gasteiger partial charge in [0.15, 0.2) is 0 Å². The number of nitriles is 1. The molecule has 0 spiro atoms. The fourth-order valence-corrected chi connectivity index (χ4v) is 4.38. The summed E-state index contributed by atoms with van der Waals surface area (Å²) in [6, 6.07) is 6.19. The molecule has 5 nitrogen and oxygen atoms in total. The van der Waals surface area contributed by atoms with Gasteiger partial charge in [-0.15, -0.1) is 0 Å². The number of piperidine rings is 1. The molecule has 1 aromatic carbocycles. The molecule has 1 aromatic rings. The van der Waals surface area contributed by atoms with Crippen LogP contribution in [0.1, 0.15) is 25.3 Å². The first kappa shape index (κ1) is 17.2. The normalized spacial score (nSPS) is 17.3. The minimum Gasteiger partial charge on any atom is -0.317 e. The maximum absolute atomic E-state index is 12.6. The summed E-state index contributed by atoms with van der Waals surface area (Å²) >= 11 is 5.94. The Bertz CT molecular complexity index is 662. The molecule has 120 valence electrons. The van der Waals surface area contributed by atoms with E-state index >= 15 is 0 Å². The highest BCUT2D eigenvalue weighted by Gasteiger charge is 2.29. The van der Waals surface area contributed by atoms with Crippen LogP contribution in [0.3, 0.4) is 0 Å². The van der Waals surface area contributed by atoms with E-state index in [9.17, 15) is 8.42 Å². The van der Waals surface area contributed by atoms with Gasteiger partial charge in [0.2, 0.25) is 10.0 Å². The molecule has 2 rings (SSSR count). The van der Waals surface area contributed by atoms with Crippen molar-refractivity contribution >= 4 is 21.6 Å². The van der Waals surface area contributed by atoms with Crippen LogP contribution in [0.4, 0.5) is 0 Å². The number of sulfonamides is 1. The monoisotopic (exact) mass is 341 g/mol. The Morgan fingerprint density at radius 2 is 2.09 bits per heavy atom. The molecule has 22 heavy (non-hydrogen) atoms. The largest absolute Gasteiger partial charge is 0.317 e. The van der Waals surface area contributed by atoms with Gasteiger partial charge in [-0.3, -0.25) is 0 Å². The summed E-state index contributed by atoms with van der Waals surface area (Å²) in [6.45, 7) is 4.98. The summed E-state index contributed by atoms with van der Waals surface area (Å²) < 4.78 is 26.8. The molecule has 1 fully saturated rings. The third kappa shape index (κ3) is 3.79. The second kappa shape index (κ2) is 7.42. The first-order valence-corrected chi connectivity index (χ1v) is 9.21. The Hall–Kier alpha value is -1.13. The van der Waals surface area contributed by atoms with Gasteiger partial charge in [0.05, 0.1) is 15.5 Å². The van der Waals surface area contributed by atoms with Gasteiger partial charge in [-0.05, 0) is 50.0 Å². The molecule has 1 N–H and O–H groups in total. The molecule has 0 radical (unpaired) electrons. The van der Waals surface area contributed by atoms with Crippen LogP contribution in [0.5, 0.6) is 0 Å². The van der Waals surface area contributed by atoms with Crippen molar-refractivity contribution in [1.29, 1.82) is 5.26 Å². The van der Waals surface area contributed by atoms with E-state index in [2.05, 4.69) is 12.2 Å². The second-order valence-electron chi connectivity index (χ2n) is 5.41. The number of nitrogens with zero attached hydrogens (tertiary/aromatic N) is 2. The first-order valence-electron chi connectivity index (χ1n) is 7.39. The lowest BCUT2D eigenvalue weighted by atomic mass is 9.98. The number of halogens is 1. The molecule has 1 aliphatic rings. The average molecular weight is 342 g/mol. The Labute approximate surface area is 136 Å². The molecule has 1 heterocycles. The van der Waals surface area contributed by atoms with Crippen molar-refractivity contribution in [3.63, 3.8) is 0 Å². The van der Waals surface area contributed by atoms with Crippen LogP contribution in [0.15, 0.2) is 23.1 Å². The molecular formula is C15H20ClN3O2S. The topological polar surface area (TPSA) is 73.2 Å². The quantitative estimate of drug-likeness (QED) is 0.891. The van der Waals surface area contributed by atoms with Crippen molar-refractivity contribution in [3.05, 3.63) is 28.8 Å². The van der Waals surface area contributed by atoms with E-state index in [-0.39, 0.29) is 15.5 Å². The van der Waals surface area contributed by atoms with E-state index in [0.29, 0.717) is 19.0 Å². The standard InChI is InChI=1S/C15H20ClN3O2S/c1-2-18-11-12-5-7-19(8-6-12)22(20,21)14-4-3-13(10-17)15(16)9-14/h3-4,9,12,18H,2,5-8,11H2,1H3. The van der Waals surface area contributed by atoms with Gasteiger partial charge in [-0.1, -0.05) is 18.5 Å². The van der Waals surface area contributed by atoms with Gasteiger partial charge in [0, 0.05) is 13.1 Å². The van der Waals surface area contributed by atoms with E-state index in [0.717, 1.165) is 25.9 Å². The molecule has 0 aliphatic carbocycles. The van der Waals surface area contributed by atoms with E-state index in [1.807, 2.05) is 6.07 Å². The van der Waals surface area contributed by atoms with Crippen molar-refractivity contribution in [2.75, 3.05) is 26.2 Å². The second-order valence-corrected chi connectivity index (χ2v) is 7.75. The highest BCUT2D eigenvalue weighted by atomic mass is 35.5. The van der Waals surface area contributed by atoms with E-state index in [1.54, 1.807) is 0 Å². The molecular weight excluding hydrogens is 322 g/mol. The Balaban J connectivity index is 2.09. The molecule has 0 aromatic heterocycles. The van der Waals surface area contributed by atoms with E-state index in [1.165, 1.54) is 22.5 Å². The van der Waals surface area contributed by atoms with Crippen LogP contribution in [-0.4, -0.2) is 38.9 Å². The Morgan fingerprint density at radius 1 is 1.41 bits per heavy atom. The predicted molar refractivity (Wildman–Crippen MR) is 86.2 cm³/mol. The molecule has 0 bridgehead atoms. The average Bonchev–Trinajstić information content (AvgIpc) is 2.53. The molecule has 0 atom stereocenters. The minimum absolute atomic E-state index is 0.154. The van der Waals surface area contributed by atoms with Crippen molar-refractivity contribution in [2.24, 2.45) is 5.92 Å². The third-order valence-electron chi connectivity index (χ3n) is 3.96. The molecule has 0 unspecified atom stereocenters. The summed E-state index contributed by atoms with van der Waals surface area (Å²) in [4.78, 5) is 0.154. The number of benzene rings is 1. The van der Waals surface area contributed by atoms with Crippen LogP contribution in [-0.2, 0) is 10.0 Å². The molecule has 1 saturated heterocycles. The summed E-state index contributed by atoms with van der Waals surface area (Å²) in [5.41, 5.74) is 0.282. The fourth-order valence-electron chi connectivity index (χ4n) is 2.60. The van der Waals surface area contributed by atoms with Crippen LogP contribution in [0.2, 0.25) is 5.02 Å². The number of hydrogen-bond donors (Lipinski definition) is 1. The molecule has 7 heteroatoms. The smallest absolute Gasteiger partial charge is 0.243 e. The van der Waals surface area contributed by atoms with E-state index < -0.39 is 10.0 Å². The summed E-state index contributed by atoms with van der Waals surface area (Å²) in [5.74, 6) is 0.524. The lowest BCUT2D eigenvalue weighted by Gasteiger charge is -2.31. The van der Waals surface area contributed by atoms with Crippen LogP contribution in [0, 0.1) is 17.2 Å². The molecule has 0 saturated carbocycles. The van der Waals surface area contributed by atoms with Crippen LogP contribution in [0.25, 0.3) is 0 Å². The Morgan fingerprint density at radius 3 is 2.64 bits per heavy atom. The van der Waals surface area contributed by atoms with Crippen LogP contribution >= 0.6 is 11.6 Å². The SMILES string of the molecule is CCNCC1CCN(S(=O)(=O)c2ccc(C#N)c(Cl)c2)CC1. The van der Waals surface area contributed by atoms with Gasteiger partial charge >= 0.3 is 0 Å². The summed E-state index contributed by atoms with van der Waals surface area (Å²) in [6.07, 6.45) is 1.71. The Kier molecular flexibility index (Phi) is 5.81. The van der Waals surface area contributed by atoms with Gasteiger partial charge in [-0.2, -0.15) is 9.57 Å². The van der Waals surface area contributed by atoms with E-state index in [4.69, 9.17) is 16.9 Å². The highest BCUT2D eigenvalue weighted by molar-refractivity contribution is 7.89. The lowest BCUT2D eigenvalue weighted by Crippen LogP contribution is -2.40. The van der Waals surface area contributed by atoms with Crippen molar-refractivity contribution < 1.29 is 8.42 Å².